The second-order valence-electron chi connectivity index (χ2n) is 6.80. The van der Waals surface area contributed by atoms with Crippen molar-refractivity contribution in [2.45, 2.75) is 25.3 Å². The van der Waals surface area contributed by atoms with Gasteiger partial charge in [0.1, 0.15) is 11.5 Å². The first-order valence-electron chi connectivity index (χ1n) is 8.63. The Morgan fingerprint density at radius 1 is 1.35 bits per heavy atom. The molecule has 1 aromatic carbocycles. The normalized spacial score (nSPS) is 16.3. The van der Waals surface area contributed by atoms with E-state index in [1.54, 1.807) is 12.1 Å². The summed E-state index contributed by atoms with van der Waals surface area (Å²) in [5, 5.41) is 3.74. The van der Waals surface area contributed by atoms with Gasteiger partial charge in [-0.25, -0.2) is 14.4 Å². The molecule has 0 fully saturated rings. The molecule has 0 unspecified atom stereocenters. The van der Waals surface area contributed by atoms with Crippen LogP contribution in [-0.4, -0.2) is 35.0 Å². The van der Waals surface area contributed by atoms with Crippen LogP contribution in [0, 0.1) is 5.82 Å². The number of carbonyl (C=O) groups is 1. The molecule has 1 aliphatic carbocycles. The van der Waals surface area contributed by atoms with Crippen LogP contribution >= 0.6 is 0 Å². The van der Waals surface area contributed by atoms with Gasteiger partial charge in [-0.3, -0.25) is 4.79 Å². The van der Waals surface area contributed by atoms with Crippen molar-refractivity contribution in [1.82, 2.24) is 20.3 Å². The summed E-state index contributed by atoms with van der Waals surface area (Å²) in [6.45, 7) is 0. The number of anilines is 1. The highest BCUT2D eigenvalue weighted by atomic mass is 19.1. The smallest absolute Gasteiger partial charge is 0.268 e. The summed E-state index contributed by atoms with van der Waals surface area (Å²) in [6, 6.07) is 5.97. The number of aryl methyl sites for hydroxylation is 1. The summed E-state index contributed by atoms with van der Waals surface area (Å²) in [7, 11) is 3.81. The lowest BCUT2D eigenvalue weighted by molar-refractivity contribution is 0.0928. The summed E-state index contributed by atoms with van der Waals surface area (Å²) in [4.78, 5) is 26.6. The lowest BCUT2D eigenvalue weighted by Gasteiger charge is -2.26. The lowest BCUT2D eigenvalue weighted by Crippen LogP contribution is -2.32. The van der Waals surface area contributed by atoms with Crippen LogP contribution in [0.25, 0.3) is 10.9 Å². The molecule has 26 heavy (non-hydrogen) atoms. The molecular formula is C19H20FN5O. The van der Waals surface area contributed by atoms with Gasteiger partial charge in [0.25, 0.3) is 5.91 Å². The van der Waals surface area contributed by atoms with Gasteiger partial charge >= 0.3 is 0 Å². The molecular weight excluding hydrogens is 333 g/mol. The number of carbonyl (C=O) groups excluding carboxylic acids is 1. The molecule has 2 N–H and O–H groups in total. The number of rotatable bonds is 3. The van der Waals surface area contributed by atoms with Crippen molar-refractivity contribution in [2.75, 3.05) is 19.0 Å². The molecule has 4 rings (SSSR count). The second kappa shape index (κ2) is 6.40. The van der Waals surface area contributed by atoms with Gasteiger partial charge < -0.3 is 15.2 Å². The number of nitrogens with one attached hydrogen (secondary N) is 2. The molecule has 134 valence electrons. The first-order valence-corrected chi connectivity index (χ1v) is 8.63. The maximum Gasteiger partial charge on any atom is 0.268 e. The van der Waals surface area contributed by atoms with E-state index in [2.05, 4.69) is 20.3 Å². The molecule has 0 radical (unpaired) electrons. The first kappa shape index (κ1) is 16.5. The topological polar surface area (TPSA) is 73.9 Å². The molecule has 7 heteroatoms. The van der Waals surface area contributed by atoms with Gasteiger partial charge in [0, 0.05) is 36.8 Å². The molecule has 1 amide bonds. The zero-order chi connectivity index (χ0) is 18.3. The third-order valence-electron chi connectivity index (χ3n) is 4.70. The fraction of sp³-hybridized carbons (Fsp3) is 0.316. The van der Waals surface area contributed by atoms with Crippen molar-refractivity contribution in [2.24, 2.45) is 0 Å². The predicted octanol–water partition coefficient (Wildman–Crippen LogP) is 2.97. The number of hydrogen-bond donors (Lipinski definition) is 2. The molecule has 6 nitrogen and oxygen atoms in total. The number of hydrogen-bond acceptors (Lipinski definition) is 4. The summed E-state index contributed by atoms with van der Waals surface area (Å²) in [5.41, 5.74) is 3.11. The Morgan fingerprint density at radius 3 is 3.00 bits per heavy atom. The highest BCUT2D eigenvalue weighted by molar-refractivity contribution is 5.98. The third-order valence-corrected chi connectivity index (χ3v) is 4.70. The van der Waals surface area contributed by atoms with E-state index in [0.717, 1.165) is 36.0 Å². The van der Waals surface area contributed by atoms with Crippen molar-refractivity contribution < 1.29 is 9.18 Å². The van der Waals surface area contributed by atoms with Crippen LogP contribution in [0.2, 0.25) is 0 Å². The Bertz CT molecular complexity index is 981. The van der Waals surface area contributed by atoms with Crippen molar-refractivity contribution in [1.29, 1.82) is 0 Å². The Kier molecular flexibility index (Phi) is 4.06. The molecule has 0 saturated heterocycles. The molecule has 1 atom stereocenters. The number of aromatic nitrogens is 3. The number of nitrogens with zero attached hydrogens (tertiary/aromatic N) is 3. The van der Waals surface area contributed by atoms with Gasteiger partial charge in [-0.1, -0.05) is 0 Å². The van der Waals surface area contributed by atoms with Crippen LogP contribution in [0.5, 0.6) is 0 Å². The van der Waals surface area contributed by atoms with Crippen LogP contribution in [0.4, 0.5) is 10.3 Å². The fourth-order valence-electron chi connectivity index (χ4n) is 3.36. The van der Waals surface area contributed by atoms with Crippen LogP contribution in [-0.2, 0) is 6.42 Å². The highest BCUT2D eigenvalue weighted by Gasteiger charge is 2.25. The number of aromatic amines is 1. The summed E-state index contributed by atoms with van der Waals surface area (Å²) in [6.07, 6.45) is 4.50. The maximum absolute atomic E-state index is 13.3. The monoisotopic (exact) mass is 353 g/mol. The van der Waals surface area contributed by atoms with E-state index in [0.29, 0.717) is 17.0 Å². The third kappa shape index (κ3) is 3.00. The largest absolute Gasteiger partial charge is 0.351 e. The molecule has 2 heterocycles. The van der Waals surface area contributed by atoms with Crippen molar-refractivity contribution >= 4 is 22.8 Å². The SMILES string of the molecule is CN(C)c1ncc2c(n1)CCC[C@H]2NC(=O)c1cc2cc(F)ccc2[nH]1. The molecule has 0 saturated carbocycles. The second-order valence-corrected chi connectivity index (χ2v) is 6.80. The van der Waals surface area contributed by atoms with E-state index >= 15 is 0 Å². The first-order chi connectivity index (χ1) is 12.5. The summed E-state index contributed by atoms with van der Waals surface area (Å²) >= 11 is 0. The molecule has 0 spiro atoms. The van der Waals surface area contributed by atoms with Crippen molar-refractivity contribution in [3.8, 4) is 0 Å². The van der Waals surface area contributed by atoms with Gasteiger partial charge in [-0.2, -0.15) is 0 Å². The molecule has 0 aliphatic heterocycles. The minimum atomic E-state index is -0.321. The highest BCUT2D eigenvalue weighted by Crippen LogP contribution is 2.29. The van der Waals surface area contributed by atoms with E-state index in [1.807, 2.05) is 25.2 Å². The van der Waals surface area contributed by atoms with Gasteiger partial charge in [-0.05, 0) is 43.5 Å². The van der Waals surface area contributed by atoms with Crippen LogP contribution in [0.15, 0.2) is 30.5 Å². The zero-order valence-corrected chi connectivity index (χ0v) is 14.7. The van der Waals surface area contributed by atoms with Crippen LogP contribution in [0.3, 0.4) is 0 Å². The van der Waals surface area contributed by atoms with Gasteiger partial charge in [0.2, 0.25) is 5.95 Å². The Labute approximate surface area is 150 Å². The fourth-order valence-corrected chi connectivity index (χ4v) is 3.36. The van der Waals surface area contributed by atoms with Gasteiger partial charge in [0.15, 0.2) is 0 Å². The van der Waals surface area contributed by atoms with Crippen molar-refractivity contribution in [3.63, 3.8) is 0 Å². The molecule has 0 bridgehead atoms. The van der Waals surface area contributed by atoms with E-state index in [-0.39, 0.29) is 17.8 Å². The Hall–Kier alpha value is -2.96. The average Bonchev–Trinajstić information content (AvgIpc) is 3.04. The van der Waals surface area contributed by atoms with Gasteiger partial charge in [0.05, 0.1) is 11.7 Å². The van der Waals surface area contributed by atoms with E-state index < -0.39 is 0 Å². The van der Waals surface area contributed by atoms with E-state index in [1.165, 1.54) is 12.1 Å². The molecule has 1 aliphatic rings. The minimum Gasteiger partial charge on any atom is -0.351 e. The maximum atomic E-state index is 13.3. The predicted molar refractivity (Wildman–Crippen MR) is 97.8 cm³/mol. The van der Waals surface area contributed by atoms with Crippen LogP contribution < -0.4 is 10.2 Å². The summed E-state index contributed by atoms with van der Waals surface area (Å²) in [5.74, 6) is 0.142. The molecule has 2 aromatic heterocycles. The Morgan fingerprint density at radius 2 is 2.19 bits per heavy atom. The number of amides is 1. The molecule has 3 aromatic rings. The van der Waals surface area contributed by atoms with E-state index in [9.17, 15) is 9.18 Å². The lowest BCUT2D eigenvalue weighted by atomic mass is 9.92. The number of benzene rings is 1. The zero-order valence-electron chi connectivity index (χ0n) is 14.7. The Balaban J connectivity index is 1.58. The average molecular weight is 353 g/mol. The summed E-state index contributed by atoms with van der Waals surface area (Å²) < 4.78 is 13.3. The van der Waals surface area contributed by atoms with Gasteiger partial charge in [-0.15, -0.1) is 0 Å². The number of fused-ring (bicyclic) bond motifs is 2. The quantitative estimate of drug-likeness (QED) is 0.759. The number of halogens is 1. The van der Waals surface area contributed by atoms with Crippen molar-refractivity contribution in [3.05, 3.63) is 53.2 Å². The minimum absolute atomic E-state index is 0.120. The van der Waals surface area contributed by atoms with E-state index in [4.69, 9.17) is 0 Å². The number of H-pyrrole nitrogens is 1. The van der Waals surface area contributed by atoms with Crippen LogP contribution in [0.1, 0.15) is 40.6 Å². The standard InChI is InChI=1S/C19H20FN5O/c1-25(2)19-21-10-13-15(4-3-5-16(13)24-19)23-18(26)17-9-11-8-12(20)6-7-14(11)22-17/h6-10,15,22H,3-5H2,1-2H3,(H,23,26)/t15-/m1/s1.